The minimum absolute atomic E-state index is 0.755. The Labute approximate surface area is 127 Å². The molecule has 0 radical (unpaired) electrons. The zero-order valence-electron chi connectivity index (χ0n) is 12.4. The fourth-order valence-electron chi connectivity index (χ4n) is 3.22. The number of hydrogen-bond donors (Lipinski definition) is 1. The van der Waals surface area contributed by atoms with Crippen molar-refractivity contribution in [2.75, 3.05) is 18.0 Å². The highest BCUT2D eigenvalue weighted by Gasteiger charge is 2.25. The smallest absolute Gasteiger partial charge is 0.0426 e. The summed E-state index contributed by atoms with van der Waals surface area (Å²) in [4.78, 5) is 2.54. The first-order chi connectivity index (χ1) is 9.76. The zero-order valence-corrected chi connectivity index (χ0v) is 13.1. The third-order valence-electron chi connectivity index (χ3n) is 4.53. The van der Waals surface area contributed by atoms with Crippen molar-refractivity contribution in [1.29, 1.82) is 0 Å². The Hall–Kier alpha value is -0.730. The van der Waals surface area contributed by atoms with Gasteiger partial charge >= 0.3 is 0 Å². The Morgan fingerprint density at radius 2 is 2.15 bits per heavy atom. The van der Waals surface area contributed by atoms with E-state index >= 15 is 0 Å². The highest BCUT2D eigenvalue weighted by molar-refractivity contribution is 6.30. The van der Waals surface area contributed by atoms with Gasteiger partial charge < -0.3 is 10.2 Å². The van der Waals surface area contributed by atoms with E-state index in [0.29, 0.717) is 0 Å². The third-order valence-corrected chi connectivity index (χ3v) is 4.76. The summed E-state index contributed by atoms with van der Waals surface area (Å²) in [7, 11) is 0. The van der Waals surface area contributed by atoms with E-state index < -0.39 is 0 Å². The molecule has 1 aromatic rings. The molecule has 0 bridgehead atoms. The highest BCUT2D eigenvalue weighted by atomic mass is 35.5. The van der Waals surface area contributed by atoms with E-state index in [1.54, 1.807) is 0 Å². The van der Waals surface area contributed by atoms with Gasteiger partial charge in [0.25, 0.3) is 0 Å². The van der Waals surface area contributed by atoms with E-state index in [4.69, 9.17) is 11.6 Å². The predicted molar refractivity (Wildman–Crippen MR) is 86.5 cm³/mol. The van der Waals surface area contributed by atoms with Crippen LogP contribution in [0.1, 0.15) is 44.6 Å². The van der Waals surface area contributed by atoms with Gasteiger partial charge in [0.15, 0.2) is 0 Å². The first-order valence-corrected chi connectivity index (χ1v) is 8.41. The van der Waals surface area contributed by atoms with Gasteiger partial charge in [0.1, 0.15) is 0 Å². The normalized spacial score (nSPS) is 22.5. The van der Waals surface area contributed by atoms with E-state index in [0.717, 1.165) is 23.5 Å². The topological polar surface area (TPSA) is 15.3 Å². The van der Waals surface area contributed by atoms with Crippen LogP contribution < -0.4 is 10.2 Å². The SMILES string of the molecule is CCCC1CCN(c2cc(Cl)ccc2CNC2CC2)C1. The molecule has 110 valence electrons. The molecular weight excluding hydrogens is 268 g/mol. The molecule has 0 aromatic heterocycles. The average molecular weight is 293 g/mol. The van der Waals surface area contributed by atoms with Crippen molar-refractivity contribution in [2.45, 2.75) is 51.6 Å². The molecule has 0 spiro atoms. The van der Waals surface area contributed by atoms with Crippen LogP contribution in [-0.4, -0.2) is 19.1 Å². The maximum Gasteiger partial charge on any atom is 0.0426 e. The van der Waals surface area contributed by atoms with Gasteiger partial charge in [-0.25, -0.2) is 0 Å². The first kappa shape index (κ1) is 14.2. The zero-order chi connectivity index (χ0) is 13.9. The number of nitrogens with zero attached hydrogens (tertiary/aromatic N) is 1. The molecule has 3 rings (SSSR count). The second kappa shape index (κ2) is 6.36. The molecule has 0 amide bonds. The van der Waals surface area contributed by atoms with E-state index in [9.17, 15) is 0 Å². The summed E-state index contributed by atoms with van der Waals surface area (Å²) in [6.45, 7) is 5.64. The minimum atomic E-state index is 0.755. The molecule has 1 aliphatic heterocycles. The molecule has 2 nitrogen and oxygen atoms in total. The average Bonchev–Trinajstić information content (AvgIpc) is 3.16. The maximum absolute atomic E-state index is 6.22. The standard InChI is InChI=1S/C17H25ClN2/c1-2-3-13-8-9-20(12-13)17-10-15(18)5-4-14(17)11-19-16-6-7-16/h4-5,10,13,16,19H,2-3,6-9,11-12H2,1H3. The molecule has 2 fully saturated rings. The lowest BCUT2D eigenvalue weighted by Gasteiger charge is -2.23. The Kier molecular flexibility index (Phi) is 4.52. The molecule has 3 heteroatoms. The second-order valence-corrected chi connectivity index (χ2v) is 6.75. The lowest BCUT2D eigenvalue weighted by molar-refractivity contribution is 0.529. The van der Waals surface area contributed by atoms with Crippen LogP contribution in [0.2, 0.25) is 5.02 Å². The van der Waals surface area contributed by atoms with Crippen molar-refractivity contribution in [1.82, 2.24) is 5.32 Å². The van der Waals surface area contributed by atoms with Gasteiger partial charge in [-0.3, -0.25) is 0 Å². The molecule has 1 atom stereocenters. The quantitative estimate of drug-likeness (QED) is 0.844. The van der Waals surface area contributed by atoms with Crippen LogP contribution >= 0.6 is 11.6 Å². The van der Waals surface area contributed by atoms with Crippen LogP contribution in [0.15, 0.2) is 18.2 Å². The maximum atomic E-state index is 6.22. The van der Waals surface area contributed by atoms with Gasteiger partial charge in [-0.1, -0.05) is 31.0 Å². The van der Waals surface area contributed by atoms with Crippen LogP contribution in [0.25, 0.3) is 0 Å². The largest absolute Gasteiger partial charge is 0.371 e. The van der Waals surface area contributed by atoms with Crippen molar-refractivity contribution in [3.05, 3.63) is 28.8 Å². The van der Waals surface area contributed by atoms with E-state index in [2.05, 4.69) is 29.3 Å². The number of rotatable bonds is 6. The van der Waals surface area contributed by atoms with Crippen molar-refractivity contribution < 1.29 is 0 Å². The van der Waals surface area contributed by atoms with Crippen molar-refractivity contribution in [3.63, 3.8) is 0 Å². The van der Waals surface area contributed by atoms with Crippen LogP contribution in [0.3, 0.4) is 0 Å². The first-order valence-electron chi connectivity index (χ1n) is 8.03. The fraction of sp³-hybridized carbons (Fsp3) is 0.647. The van der Waals surface area contributed by atoms with Gasteiger partial charge in [-0.2, -0.15) is 0 Å². The number of nitrogens with one attached hydrogen (secondary N) is 1. The Morgan fingerprint density at radius 3 is 2.90 bits per heavy atom. The monoisotopic (exact) mass is 292 g/mol. The van der Waals surface area contributed by atoms with Crippen LogP contribution in [-0.2, 0) is 6.54 Å². The van der Waals surface area contributed by atoms with Crippen LogP contribution in [0.4, 0.5) is 5.69 Å². The molecule has 1 aliphatic carbocycles. The van der Waals surface area contributed by atoms with Gasteiger partial charge in [0, 0.05) is 36.4 Å². The third kappa shape index (κ3) is 3.48. The lowest BCUT2D eigenvalue weighted by atomic mass is 10.0. The molecule has 1 N–H and O–H groups in total. The van der Waals surface area contributed by atoms with Crippen LogP contribution in [0.5, 0.6) is 0 Å². The Morgan fingerprint density at radius 1 is 1.30 bits per heavy atom. The minimum Gasteiger partial charge on any atom is -0.371 e. The molecule has 1 saturated heterocycles. The fourth-order valence-corrected chi connectivity index (χ4v) is 3.38. The van der Waals surface area contributed by atoms with Crippen molar-refractivity contribution >= 4 is 17.3 Å². The molecule has 20 heavy (non-hydrogen) atoms. The second-order valence-electron chi connectivity index (χ2n) is 6.32. The van der Waals surface area contributed by atoms with Gasteiger partial charge in [0.2, 0.25) is 0 Å². The number of anilines is 1. The Balaban J connectivity index is 1.71. The van der Waals surface area contributed by atoms with Crippen molar-refractivity contribution in [2.24, 2.45) is 5.92 Å². The molecule has 2 aliphatic rings. The summed E-state index contributed by atoms with van der Waals surface area (Å²) in [5.41, 5.74) is 2.75. The summed E-state index contributed by atoms with van der Waals surface area (Å²) in [5.74, 6) is 0.864. The van der Waals surface area contributed by atoms with Gasteiger partial charge in [0.05, 0.1) is 0 Å². The van der Waals surface area contributed by atoms with Crippen LogP contribution in [0, 0.1) is 5.92 Å². The van der Waals surface area contributed by atoms with E-state index in [1.165, 1.54) is 56.4 Å². The highest BCUT2D eigenvalue weighted by Crippen LogP contribution is 2.31. The molecule has 1 aromatic carbocycles. The summed E-state index contributed by atoms with van der Waals surface area (Å²) in [5, 5.41) is 4.48. The van der Waals surface area contributed by atoms with Gasteiger partial charge in [-0.05, 0) is 49.3 Å². The number of halogens is 1. The molecule has 1 heterocycles. The van der Waals surface area contributed by atoms with E-state index in [-0.39, 0.29) is 0 Å². The summed E-state index contributed by atoms with van der Waals surface area (Å²) in [6, 6.07) is 7.12. The van der Waals surface area contributed by atoms with Gasteiger partial charge in [-0.15, -0.1) is 0 Å². The summed E-state index contributed by atoms with van der Waals surface area (Å²) < 4.78 is 0. The number of benzene rings is 1. The lowest BCUT2D eigenvalue weighted by Crippen LogP contribution is -2.23. The predicted octanol–water partition coefficient (Wildman–Crippen LogP) is 4.22. The summed E-state index contributed by atoms with van der Waals surface area (Å²) in [6.07, 6.45) is 6.66. The van der Waals surface area contributed by atoms with Crippen molar-refractivity contribution in [3.8, 4) is 0 Å². The summed E-state index contributed by atoms with van der Waals surface area (Å²) >= 11 is 6.22. The van der Waals surface area contributed by atoms with E-state index in [1.807, 2.05) is 6.07 Å². The molecule has 1 saturated carbocycles. The Bertz CT molecular complexity index is 456. The molecular formula is C17H25ClN2. The molecule has 1 unspecified atom stereocenters. The number of hydrogen-bond acceptors (Lipinski definition) is 2.